The van der Waals surface area contributed by atoms with Gasteiger partial charge in [0, 0.05) is 13.5 Å². The van der Waals surface area contributed by atoms with Crippen LogP contribution < -0.4 is 21.7 Å². The number of guanidine groups is 1. The van der Waals surface area contributed by atoms with Crippen molar-refractivity contribution in [3.63, 3.8) is 0 Å². The number of hydroxylamine groups is 2. The van der Waals surface area contributed by atoms with Crippen LogP contribution in [-0.2, 0) is 18.9 Å². The number of amides is 3. The molecular weight excluding hydrogens is 395 g/mol. The zero-order valence-electron chi connectivity index (χ0n) is 16.0. The molecule has 0 aromatic heterocycles. The highest BCUT2D eigenvalue weighted by molar-refractivity contribution is 7.51. The first-order chi connectivity index (χ1) is 12.7. The Kier molecular flexibility index (Phi) is 10.7. The molecule has 0 spiro atoms. The Hall–Kier alpha value is -2.21. The SMILES string of the molecule is CC(=O)NC(C(=O)NC(CCCN(O)C(=N)N)C(=O)NCP(=O)(O)O)C(C)C. The Labute approximate surface area is 162 Å². The highest BCUT2D eigenvalue weighted by Crippen LogP contribution is 2.31. The quantitative estimate of drug-likeness (QED) is 0.0814. The molecule has 0 aliphatic carbocycles. The van der Waals surface area contributed by atoms with Gasteiger partial charge in [0.15, 0.2) is 0 Å². The lowest BCUT2D eigenvalue weighted by molar-refractivity contribution is -0.132. The standard InChI is InChI=1S/C14H29N6O7P/c1-8(2)11(18-9(3)21)13(23)19-10(5-4-6-20(24)14(15)16)12(22)17-7-28(25,26)27/h8,10-11,24H,4-7H2,1-3H3,(H3,15,16)(H,17,22)(H,18,21)(H,19,23)(H2,25,26,27). The summed E-state index contributed by atoms with van der Waals surface area (Å²) in [6.07, 6.45) is -0.804. The third-order valence-electron chi connectivity index (χ3n) is 3.54. The van der Waals surface area contributed by atoms with Crippen LogP contribution in [0.25, 0.3) is 0 Å². The molecule has 28 heavy (non-hydrogen) atoms. The van der Waals surface area contributed by atoms with Gasteiger partial charge in [-0.2, -0.15) is 0 Å². The molecule has 0 fully saturated rings. The summed E-state index contributed by atoms with van der Waals surface area (Å²) in [7, 11) is -4.50. The smallest absolute Gasteiger partial charge is 0.344 e. The van der Waals surface area contributed by atoms with Crippen LogP contribution in [0, 0.1) is 11.3 Å². The van der Waals surface area contributed by atoms with E-state index < -0.39 is 49.6 Å². The summed E-state index contributed by atoms with van der Waals surface area (Å²) in [5, 5.41) is 23.8. The summed E-state index contributed by atoms with van der Waals surface area (Å²) in [6.45, 7) is 4.52. The maximum atomic E-state index is 12.5. The minimum Gasteiger partial charge on any atom is -0.368 e. The number of nitrogens with two attached hydrogens (primary N) is 1. The van der Waals surface area contributed by atoms with Gasteiger partial charge < -0.3 is 31.5 Å². The van der Waals surface area contributed by atoms with E-state index in [0.29, 0.717) is 5.06 Å². The highest BCUT2D eigenvalue weighted by Gasteiger charge is 2.29. The minimum absolute atomic E-state index is 0.0199. The highest BCUT2D eigenvalue weighted by atomic mass is 31.2. The van der Waals surface area contributed by atoms with E-state index in [1.54, 1.807) is 13.8 Å². The van der Waals surface area contributed by atoms with Crippen molar-refractivity contribution < 1.29 is 33.9 Å². The summed E-state index contributed by atoms with van der Waals surface area (Å²) in [4.78, 5) is 53.8. The first kappa shape index (κ1) is 25.8. The third-order valence-corrected chi connectivity index (χ3v) is 4.11. The second-order valence-electron chi connectivity index (χ2n) is 6.50. The molecule has 162 valence electrons. The lowest BCUT2D eigenvalue weighted by Gasteiger charge is -2.25. The van der Waals surface area contributed by atoms with Crippen molar-refractivity contribution in [3.05, 3.63) is 0 Å². The first-order valence-corrected chi connectivity index (χ1v) is 10.2. The first-order valence-electron chi connectivity index (χ1n) is 8.44. The molecule has 0 aliphatic heterocycles. The lowest BCUT2D eigenvalue weighted by atomic mass is 10.0. The van der Waals surface area contributed by atoms with Gasteiger partial charge in [0.05, 0.1) is 0 Å². The Morgan fingerprint density at radius 1 is 1.18 bits per heavy atom. The Bertz CT molecular complexity index is 623. The van der Waals surface area contributed by atoms with Gasteiger partial charge in [-0.1, -0.05) is 13.8 Å². The average molecular weight is 424 g/mol. The number of hydrogen-bond acceptors (Lipinski definition) is 6. The van der Waals surface area contributed by atoms with Crippen LogP contribution in [0.1, 0.15) is 33.6 Å². The number of nitrogens with one attached hydrogen (secondary N) is 4. The average Bonchev–Trinajstić information content (AvgIpc) is 2.55. The van der Waals surface area contributed by atoms with Gasteiger partial charge in [0.25, 0.3) is 0 Å². The fourth-order valence-corrected chi connectivity index (χ4v) is 2.52. The van der Waals surface area contributed by atoms with Crippen LogP contribution >= 0.6 is 7.60 Å². The van der Waals surface area contributed by atoms with Crippen molar-refractivity contribution in [1.29, 1.82) is 5.41 Å². The molecule has 2 atom stereocenters. The second kappa shape index (κ2) is 11.6. The van der Waals surface area contributed by atoms with E-state index in [1.165, 1.54) is 6.92 Å². The van der Waals surface area contributed by atoms with Crippen LogP contribution in [-0.4, -0.2) is 68.7 Å². The minimum atomic E-state index is -4.50. The van der Waals surface area contributed by atoms with Crippen LogP contribution in [0.5, 0.6) is 0 Å². The van der Waals surface area contributed by atoms with Crippen LogP contribution in [0.15, 0.2) is 0 Å². The molecule has 0 saturated heterocycles. The van der Waals surface area contributed by atoms with Crippen molar-refractivity contribution in [1.82, 2.24) is 21.0 Å². The fourth-order valence-electron chi connectivity index (χ4n) is 2.15. The van der Waals surface area contributed by atoms with Gasteiger partial charge in [0.1, 0.15) is 18.4 Å². The molecular formula is C14H29N6O7P. The lowest BCUT2D eigenvalue weighted by Crippen LogP contribution is -2.55. The fraction of sp³-hybridized carbons (Fsp3) is 0.714. The molecule has 3 amide bonds. The normalized spacial score (nSPS) is 13.4. The van der Waals surface area contributed by atoms with Crippen molar-refractivity contribution in [2.45, 2.75) is 45.7 Å². The predicted octanol–water partition coefficient (Wildman–Crippen LogP) is -1.75. The Morgan fingerprint density at radius 2 is 1.75 bits per heavy atom. The predicted molar refractivity (Wildman–Crippen MR) is 99.1 cm³/mol. The van der Waals surface area contributed by atoms with E-state index >= 15 is 0 Å². The monoisotopic (exact) mass is 424 g/mol. The zero-order valence-corrected chi connectivity index (χ0v) is 16.9. The molecule has 0 aliphatic rings. The largest absolute Gasteiger partial charge is 0.368 e. The molecule has 9 N–H and O–H groups in total. The molecule has 0 aromatic carbocycles. The summed E-state index contributed by atoms with van der Waals surface area (Å²) in [5.74, 6) is -2.80. The number of rotatable bonds is 11. The number of carbonyl (C=O) groups excluding carboxylic acids is 3. The van der Waals surface area contributed by atoms with Gasteiger partial charge in [-0.3, -0.25) is 29.6 Å². The molecule has 0 saturated carbocycles. The molecule has 2 unspecified atom stereocenters. The number of carbonyl (C=O) groups is 3. The van der Waals surface area contributed by atoms with Gasteiger partial charge in [-0.15, -0.1) is 0 Å². The Morgan fingerprint density at radius 3 is 2.18 bits per heavy atom. The van der Waals surface area contributed by atoms with Crippen LogP contribution in [0.3, 0.4) is 0 Å². The van der Waals surface area contributed by atoms with Crippen LogP contribution in [0.2, 0.25) is 0 Å². The van der Waals surface area contributed by atoms with E-state index in [-0.39, 0.29) is 25.3 Å². The van der Waals surface area contributed by atoms with Gasteiger partial charge in [-0.25, -0.2) is 5.06 Å². The maximum Gasteiger partial charge on any atom is 0.344 e. The third kappa shape index (κ3) is 10.8. The van der Waals surface area contributed by atoms with Crippen LogP contribution in [0.4, 0.5) is 0 Å². The summed E-state index contributed by atoms with van der Waals surface area (Å²) in [6, 6.07) is -2.10. The molecule has 0 aromatic rings. The topological polar surface area (TPSA) is 218 Å². The van der Waals surface area contributed by atoms with E-state index in [4.69, 9.17) is 20.9 Å². The number of nitrogens with zero attached hydrogens (tertiary/aromatic N) is 1. The molecule has 0 bridgehead atoms. The molecule has 13 nitrogen and oxygen atoms in total. The Balaban J connectivity index is 5.15. The van der Waals surface area contributed by atoms with Crippen molar-refractivity contribution in [2.75, 3.05) is 12.8 Å². The molecule has 0 heterocycles. The second-order valence-corrected chi connectivity index (χ2v) is 8.14. The number of hydrogen-bond donors (Lipinski definition) is 8. The van der Waals surface area contributed by atoms with E-state index in [0.717, 1.165) is 0 Å². The van der Waals surface area contributed by atoms with Crippen molar-refractivity contribution >= 4 is 31.3 Å². The summed E-state index contributed by atoms with van der Waals surface area (Å²) >= 11 is 0. The van der Waals surface area contributed by atoms with Crippen molar-refractivity contribution in [2.24, 2.45) is 11.7 Å². The molecule has 0 radical (unpaired) electrons. The van der Waals surface area contributed by atoms with Gasteiger partial charge >= 0.3 is 7.60 Å². The van der Waals surface area contributed by atoms with E-state index in [1.807, 2.05) is 0 Å². The van der Waals surface area contributed by atoms with Gasteiger partial charge in [-0.05, 0) is 18.8 Å². The van der Waals surface area contributed by atoms with Gasteiger partial charge in [0.2, 0.25) is 23.7 Å². The van der Waals surface area contributed by atoms with E-state index in [9.17, 15) is 24.2 Å². The maximum absolute atomic E-state index is 12.5. The zero-order chi connectivity index (χ0) is 22.1. The van der Waals surface area contributed by atoms with Crippen molar-refractivity contribution in [3.8, 4) is 0 Å². The summed E-state index contributed by atoms with van der Waals surface area (Å²) < 4.78 is 10.9. The summed E-state index contributed by atoms with van der Waals surface area (Å²) in [5.41, 5.74) is 5.09. The molecule has 0 rings (SSSR count). The van der Waals surface area contributed by atoms with E-state index in [2.05, 4.69) is 16.0 Å². The molecule has 14 heteroatoms.